The molecule has 1 saturated carbocycles. The van der Waals surface area contributed by atoms with Crippen LogP contribution in [0.25, 0.3) is 0 Å². The fourth-order valence-electron chi connectivity index (χ4n) is 3.88. The number of halogens is 3. The SMILES string of the molecule is O=C(CNS(=O)(=O)c1cccnc1)N1CCC(C(F)(F)F)C2(CCC2)C1. The summed E-state index contributed by atoms with van der Waals surface area (Å²) >= 11 is 0. The molecule has 1 N–H and O–H groups in total. The highest BCUT2D eigenvalue weighted by Gasteiger charge is 2.58. The van der Waals surface area contributed by atoms with Gasteiger partial charge in [-0.05, 0) is 36.8 Å². The van der Waals surface area contributed by atoms with Crippen molar-refractivity contribution in [2.24, 2.45) is 11.3 Å². The monoisotopic (exact) mass is 391 g/mol. The number of piperidine rings is 1. The van der Waals surface area contributed by atoms with E-state index in [0.717, 1.165) is 12.6 Å². The predicted molar refractivity (Wildman–Crippen MR) is 86.5 cm³/mol. The second-order valence-corrected chi connectivity index (χ2v) is 8.69. The highest BCUT2D eigenvalue weighted by molar-refractivity contribution is 7.89. The number of aromatic nitrogens is 1. The maximum Gasteiger partial charge on any atom is 0.392 e. The summed E-state index contributed by atoms with van der Waals surface area (Å²) in [6.07, 6.45) is -0.201. The van der Waals surface area contributed by atoms with Crippen LogP contribution in [-0.2, 0) is 14.8 Å². The van der Waals surface area contributed by atoms with Gasteiger partial charge in [0.05, 0.1) is 12.5 Å². The molecule has 0 bridgehead atoms. The minimum Gasteiger partial charge on any atom is -0.341 e. The van der Waals surface area contributed by atoms with Crippen LogP contribution in [0.2, 0.25) is 0 Å². The van der Waals surface area contributed by atoms with Crippen LogP contribution in [0.4, 0.5) is 13.2 Å². The van der Waals surface area contributed by atoms with Gasteiger partial charge in [-0.15, -0.1) is 0 Å². The van der Waals surface area contributed by atoms with Crippen LogP contribution >= 0.6 is 0 Å². The van der Waals surface area contributed by atoms with E-state index < -0.39 is 40.0 Å². The average molecular weight is 391 g/mol. The molecule has 2 fully saturated rings. The summed E-state index contributed by atoms with van der Waals surface area (Å²) in [4.78, 5) is 17.4. The molecule has 1 atom stereocenters. The molecule has 1 aliphatic heterocycles. The second kappa shape index (κ2) is 6.80. The van der Waals surface area contributed by atoms with Crippen molar-refractivity contribution in [1.29, 1.82) is 0 Å². The van der Waals surface area contributed by atoms with E-state index in [0.29, 0.717) is 12.8 Å². The number of hydrogen-bond acceptors (Lipinski definition) is 4. The summed E-state index contributed by atoms with van der Waals surface area (Å²) in [7, 11) is -3.89. The van der Waals surface area contributed by atoms with Crippen molar-refractivity contribution in [2.75, 3.05) is 19.6 Å². The van der Waals surface area contributed by atoms with Crippen molar-refractivity contribution in [3.05, 3.63) is 24.5 Å². The Morgan fingerprint density at radius 1 is 1.38 bits per heavy atom. The van der Waals surface area contributed by atoms with E-state index in [2.05, 4.69) is 9.71 Å². The Bertz CT molecular complexity index is 764. The Balaban J connectivity index is 1.63. The second-order valence-electron chi connectivity index (χ2n) is 6.93. The van der Waals surface area contributed by atoms with Gasteiger partial charge in [-0.2, -0.15) is 13.2 Å². The molecule has 3 rings (SSSR count). The normalized spacial score (nSPS) is 22.9. The van der Waals surface area contributed by atoms with Gasteiger partial charge < -0.3 is 4.90 Å². The van der Waals surface area contributed by atoms with Gasteiger partial charge in [-0.3, -0.25) is 9.78 Å². The van der Waals surface area contributed by atoms with E-state index >= 15 is 0 Å². The molecular formula is C16H20F3N3O3S. The highest BCUT2D eigenvalue weighted by atomic mass is 32.2. The molecule has 144 valence electrons. The lowest BCUT2D eigenvalue weighted by Gasteiger charge is -2.54. The molecule has 6 nitrogen and oxygen atoms in total. The molecular weight excluding hydrogens is 371 g/mol. The van der Waals surface area contributed by atoms with Crippen molar-refractivity contribution in [3.8, 4) is 0 Å². The van der Waals surface area contributed by atoms with Crippen LogP contribution in [-0.4, -0.2) is 50.0 Å². The number of nitrogens with one attached hydrogen (secondary N) is 1. The van der Waals surface area contributed by atoms with Crippen molar-refractivity contribution in [2.45, 2.75) is 36.8 Å². The van der Waals surface area contributed by atoms with Crippen molar-refractivity contribution >= 4 is 15.9 Å². The van der Waals surface area contributed by atoms with Crippen molar-refractivity contribution < 1.29 is 26.4 Å². The number of likely N-dealkylation sites (tertiary alicyclic amines) is 1. The zero-order valence-electron chi connectivity index (χ0n) is 14.0. The number of hydrogen-bond donors (Lipinski definition) is 1. The highest BCUT2D eigenvalue weighted by Crippen LogP contribution is 2.56. The first kappa shape index (κ1) is 19.1. The number of nitrogens with zero attached hydrogens (tertiary/aromatic N) is 2. The summed E-state index contributed by atoms with van der Waals surface area (Å²) in [6, 6.07) is 2.80. The molecule has 0 radical (unpaired) electrons. The lowest BCUT2D eigenvalue weighted by atomic mass is 9.58. The fraction of sp³-hybridized carbons (Fsp3) is 0.625. The molecule has 1 unspecified atom stereocenters. The fourth-order valence-corrected chi connectivity index (χ4v) is 4.82. The average Bonchev–Trinajstić information content (AvgIpc) is 2.57. The predicted octanol–water partition coefficient (Wildman–Crippen LogP) is 1.94. The van der Waals surface area contributed by atoms with Gasteiger partial charge in [-0.25, -0.2) is 13.1 Å². The molecule has 0 aromatic carbocycles. The Kier molecular flexibility index (Phi) is 5.00. The van der Waals surface area contributed by atoms with E-state index in [-0.39, 0.29) is 24.4 Å². The summed E-state index contributed by atoms with van der Waals surface area (Å²) in [5.74, 6) is -1.90. The lowest BCUT2D eigenvalue weighted by molar-refractivity contribution is -0.237. The van der Waals surface area contributed by atoms with Gasteiger partial charge in [0.15, 0.2) is 0 Å². The van der Waals surface area contributed by atoms with E-state index in [1.807, 2.05) is 0 Å². The van der Waals surface area contributed by atoms with Crippen LogP contribution in [0.15, 0.2) is 29.4 Å². The molecule has 1 aromatic heterocycles. The van der Waals surface area contributed by atoms with E-state index in [9.17, 15) is 26.4 Å². The molecule has 1 saturated heterocycles. The molecule has 2 heterocycles. The van der Waals surface area contributed by atoms with Gasteiger partial charge in [0.25, 0.3) is 0 Å². The van der Waals surface area contributed by atoms with Gasteiger partial charge in [-0.1, -0.05) is 6.42 Å². The first-order chi connectivity index (χ1) is 12.1. The lowest BCUT2D eigenvalue weighted by Crippen LogP contribution is -2.58. The number of sulfonamides is 1. The molecule has 1 amide bonds. The van der Waals surface area contributed by atoms with Crippen molar-refractivity contribution in [1.82, 2.24) is 14.6 Å². The smallest absolute Gasteiger partial charge is 0.341 e. The summed E-state index contributed by atoms with van der Waals surface area (Å²) < 4.78 is 66.3. The van der Waals surface area contributed by atoms with Crippen LogP contribution in [0.1, 0.15) is 25.7 Å². The quantitative estimate of drug-likeness (QED) is 0.851. The van der Waals surface area contributed by atoms with Gasteiger partial charge in [0.1, 0.15) is 4.90 Å². The van der Waals surface area contributed by atoms with Gasteiger partial charge >= 0.3 is 6.18 Å². The van der Waals surface area contributed by atoms with Crippen LogP contribution < -0.4 is 4.72 Å². The summed E-state index contributed by atoms with van der Waals surface area (Å²) in [6.45, 7) is -0.464. The Morgan fingerprint density at radius 2 is 2.12 bits per heavy atom. The summed E-state index contributed by atoms with van der Waals surface area (Å²) in [5.41, 5.74) is -0.908. The molecule has 10 heteroatoms. The molecule has 1 spiro atoms. The molecule has 26 heavy (non-hydrogen) atoms. The third kappa shape index (κ3) is 3.71. The van der Waals surface area contributed by atoms with E-state index in [1.165, 1.54) is 23.2 Å². The summed E-state index contributed by atoms with van der Waals surface area (Å²) in [5, 5.41) is 0. The standard InChI is InChI=1S/C16H20F3N3O3S/c17-16(18,19)13-4-8-22(11-15(13)5-2-6-15)14(23)10-21-26(24,25)12-3-1-7-20-9-12/h1,3,7,9,13,21H,2,4-6,8,10-11H2. The minimum absolute atomic E-state index is 0.0145. The first-order valence-electron chi connectivity index (χ1n) is 8.38. The number of pyridine rings is 1. The molecule has 2 aliphatic rings. The zero-order chi connectivity index (χ0) is 19.0. The number of carbonyl (C=O) groups excluding carboxylic acids is 1. The number of alkyl halides is 3. The Morgan fingerprint density at radius 3 is 2.65 bits per heavy atom. The number of amides is 1. The van der Waals surface area contributed by atoms with Crippen molar-refractivity contribution in [3.63, 3.8) is 0 Å². The van der Waals surface area contributed by atoms with E-state index in [1.54, 1.807) is 0 Å². The third-order valence-corrected chi connectivity index (χ3v) is 6.77. The zero-order valence-corrected chi connectivity index (χ0v) is 14.8. The maximum atomic E-state index is 13.3. The largest absolute Gasteiger partial charge is 0.392 e. The number of rotatable bonds is 4. The minimum atomic E-state index is -4.27. The van der Waals surface area contributed by atoms with Crippen LogP contribution in [0.3, 0.4) is 0 Å². The Labute approximate surface area is 149 Å². The van der Waals surface area contributed by atoms with Gasteiger partial charge in [0, 0.05) is 25.5 Å². The van der Waals surface area contributed by atoms with Gasteiger partial charge in [0.2, 0.25) is 15.9 Å². The Hall–Kier alpha value is -1.68. The maximum absolute atomic E-state index is 13.3. The molecule has 1 aromatic rings. The van der Waals surface area contributed by atoms with E-state index in [4.69, 9.17) is 0 Å². The third-order valence-electron chi connectivity index (χ3n) is 5.39. The first-order valence-corrected chi connectivity index (χ1v) is 9.87. The number of carbonyl (C=O) groups is 1. The van der Waals surface area contributed by atoms with Crippen LogP contribution in [0.5, 0.6) is 0 Å². The van der Waals surface area contributed by atoms with Crippen LogP contribution in [0, 0.1) is 11.3 Å². The topological polar surface area (TPSA) is 79.4 Å². The molecule has 1 aliphatic carbocycles.